The third-order valence-corrected chi connectivity index (χ3v) is 15.2. The smallest absolute Gasteiger partial charge is 0.306 e. The normalized spacial score (nSPS) is 12.6. The van der Waals surface area contributed by atoms with E-state index in [0.717, 1.165) is 122 Å². The van der Waals surface area contributed by atoms with Gasteiger partial charge in [-0.1, -0.05) is 337 Å². The maximum atomic E-state index is 12.9. The van der Waals surface area contributed by atoms with Crippen molar-refractivity contribution >= 4 is 17.9 Å². The highest BCUT2D eigenvalue weighted by Gasteiger charge is 2.19. The number of allylic oxidation sites excluding steroid dienone is 14. The summed E-state index contributed by atoms with van der Waals surface area (Å²) >= 11 is 0. The first-order valence-electron chi connectivity index (χ1n) is 34.6. The lowest BCUT2D eigenvalue weighted by Crippen LogP contribution is -2.30. The fourth-order valence-corrected chi connectivity index (χ4v) is 10.0. The Hall–Kier alpha value is -3.41. The Morgan fingerprint density at radius 1 is 0.263 bits per heavy atom. The van der Waals surface area contributed by atoms with Crippen LogP contribution < -0.4 is 0 Å². The second-order valence-corrected chi connectivity index (χ2v) is 23.1. The van der Waals surface area contributed by atoms with E-state index in [4.69, 9.17) is 14.2 Å². The number of carbonyl (C=O) groups is 3. The van der Waals surface area contributed by atoms with Crippen molar-refractivity contribution in [3.8, 4) is 0 Å². The van der Waals surface area contributed by atoms with Crippen LogP contribution in [0, 0.1) is 0 Å². The van der Waals surface area contributed by atoms with Crippen LogP contribution >= 0.6 is 0 Å². The van der Waals surface area contributed by atoms with Gasteiger partial charge >= 0.3 is 17.9 Å². The molecule has 0 heterocycles. The van der Waals surface area contributed by atoms with E-state index in [1.807, 2.05) is 0 Å². The van der Waals surface area contributed by atoms with Crippen molar-refractivity contribution in [3.05, 3.63) is 85.1 Å². The maximum absolute atomic E-state index is 12.9. The summed E-state index contributed by atoms with van der Waals surface area (Å²) in [7, 11) is 0. The van der Waals surface area contributed by atoms with Crippen LogP contribution in [0.4, 0.5) is 0 Å². The molecule has 0 N–H and O–H groups in total. The van der Waals surface area contributed by atoms with E-state index in [0.29, 0.717) is 19.3 Å². The van der Waals surface area contributed by atoms with Gasteiger partial charge in [0.2, 0.25) is 0 Å². The van der Waals surface area contributed by atoms with E-state index < -0.39 is 6.10 Å². The van der Waals surface area contributed by atoms with Crippen molar-refractivity contribution in [2.75, 3.05) is 13.2 Å². The fourth-order valence-electron chi connectivity index (χ4n) is 10.0. The number of ether oxygens (including phenoxy) is 3. The van der Waals surface area contributed by atoms with Gasteiger partial charge in [-0.05, 0) is 77.0 Å². The highest BCUT2D eigenvalue weighted by Crippen LogP contribution is 2.18. The molecule has 0 aromatic carbocycles. The van der Waals surface area contributed by atoms with Gasteiger partial charge < -0.3 is 14.2 Å². The third-order valence-electron chi connectivity index (χ3n) is 15.2. The maximum Gasteiger partial charge on any atom is 0.306 e. The Morgan fingerprint density at radius 2 is 0.487 bits per heavy atom. The molecule has 0 aromatic rings. The number of rotatable bonds is 63. The highest BCUT2D eigenvalue weighted by atomic mass is 16.6. The minimum Gasteiger partial charge on any atom is -0.462 e. The number of hydrogen-bond acceptors (Lipinski definition) is 6. The Morgan fingerprint density at radius 3 is 0.762 bits per heavy atom. The number of hydrogen-bond donors (Lipinski definition) is 0. The molecule has 6 nitrogen and oxygen atoms in total. The zero-order valence-corrected chi connectivity index (χ0v) is 53.1. The summed E-state index contributed by atoms with van der Waals surface area (Å²) in [4.78, 5) is 38.4. The molecule has 0 aliphatic rings. The zero-order chi connectivity index (χ0) is 57.8. The summed E-state index contributed by atoms with van der Waals surface area (Å²) in [6.07, 6.45) is 90.3. The summed E-state index contributed by atoms with van der Waals surface area (Å²) in [5.41, 5.74) is 0. The molecule has 0 spiro atoms. The first kappa shape index (κ1) is 76.6. The second kappa shape index (κ2) is 68.1. The molecule has 0 aliphatic carbocycles. The summed E-state index contributed by atoms with van der Waals surface area (Å²) in [5, 5.41) is 0. The molecule has 6 heteroatoms. The molecule has 462 valence electrons. The van der Waals surface area contributed by atoms with Gasteiger partial charge in [0.05, 0.1) is 0 Å². The van der Waals surface area contributed by atoms with Gasteiger partial charge in [-0.3, -0.25) is 14.4 Å². The average Bonchev–Trinajstić information content (AvgIpc) is 3.46. The number of unbranched alkanes of at least 4 members (excludes halogenated alkanes) is 38. The van der Waals surface area contributed by atoms with E-state index in [9.17, 15) is 14.4 Å². The summed E-state index contributed by atoms with van der Waals surface area (Å²) in [6, 6.07) is 0. The van der Waals surface area contributed by atoms with E-state index >= 15 is 0 Å². The average molecular weight is 1120 g/mol. The van der Waals surface area contributed by atoms with Crippen LogP contribution in [0.1, 0.15) is 348 Å². The number of esters is 3. The molecule has 0 aliphatic heterocycles. The molecule has 80 heavy (non-hydrogen) atoms. The van der Waals surface area contributed by atoms with E-state index in [-0.39, 0.29) is 31.1 Å². The van der Waals surface area contributed by atoms with Gasteiger partial charge in [-0.15, -0.1) is 0 Å². The molecule has 0 amide bonds. The minimum atomic E-state index is -0.783. The Kier molecular flexibility index (Phi) is 65.2. The minimum absolute atomic E-state index is 0.0780. The number of carbonyl (C=O) groups excluding carboxylic acids is 3. The van der Waals surface area contributed by atoms with Crippen molar-refractivity contribution in [2.45, 2.75) is 354 Å². The van der Waals surface area contributed by atoms with Gasteiger partial charge in [0.1, 0.15) is 13.2 Å². The Labute approximate surface area is 496 Å². The molecule has 0 fully saturated rings. The van der Waals surface area contributed by atoms with Crippen LogP contribution in [0.3, 0.4) is 0 Å². The standard InChI is InChI=1S/C74H130O6/c1-4-7-10-13-16-19-22-25-27-29-31-33-35-36-37-38-40-41-43-45-47-49-52-55-58-61-64-67-73(76)79-70-71(69-78-72(75)66-63-60-57-54-51-24-21-18-15-12-9-6-3)80-74(77)68-65-62-59-56-53-50-48-46-44-42-39-34-32-30-28-26-23-20-17-14-11-8-5-2/h7,10,16,19,25,27,31,33,36-37,40-41,45,47,71H,4-6,8-9,11-15,17-18,20-24,26,28-30,32,34-35,38-39,42-44,46,48-70H2,1-3H3/b10-7-,19-16-,27-25-,33-31-,37-36-,41-40-,47-45-. The van der Waals surface area contributed by atoms with E-state index in [2.05, 4.69) is 106 Å². The fraction of sp³-hybridized carbons (Fsp3) is 0.770. The molecule has 0 rings (SSSR count). The van der Waals surface area contributed by atoms with Crippen LogP contribution in [0.15, 0.2) is 85.1 Å². The van der Waals surface area contributed by atoms with Gasteiger partial charge in [-0.2, -0.15) is 0 Å². The van der Waals surface area contributed by atoms with E-state index in [1.165, 1.54) is 186 Å². The molecule has 0 radical (unpaired) electrons. The topological polar surface area (TPSA) is 78.9 Å². The van der Waals surface area contributed by atoms with Crippen molar-refractivity contribution in [1.82, 2.24) is 0 Å². The monoisotopic (exact) mass is 1110 g/mol. The van der Waals surface area contributed by atoms with Gasteiger partial charge in [0.15, 0.2) is 6.10 Å². The zero-order valence-electron chi connectivity index (χ0n) is 53.1. The summed E-state index contributed by atoms with van der Waals surface area (Å²) < 4.78 is 17.0. The second-order valence-electron chi connectivity index (χ2n) is 23.1. The van der Waals surface area contributed by atoms with Gasteiger partial charge in [0, 0.05) is 19.3 Å². The van der Waals surface area contributed by atoms with Crippen LogP contribution in [0.25, 0.3) is 0 Å². The van der Waals surface area contributed by atoms with Crippen molar-refractivity contribution in [2.24, 2.45) is 0 Å². The van der Waals surface area contributed by atoms with E-state index in [1.54, 1.807) is 0 Å². The van der Waals surface area contributed by atoms with Crippen molar-refractivity contribution < 1.29 is 28.6 Å². The van der Waals surface area contributed by atoms with Crippen LogP contribution in [0.2, 0.25) is 0 Å². The molecule has 0 saturated heterocycles. The SMILES string of the molecule is CC/C=C\C/C=C\C/C=C\C/C=C\C/C=C\C/C=C\C/C=C\CCCCCCCC(=O)OCC(COC(=O)CCCCCCCCCCCCCC)OC(=O)CCCCCCCCCCCCCCCCCCCCCCCCC. The molecule has 0 aromatic heterocycles. The van der Waals surface area contributed by atoms with Crippen LogP contribution in [-0.2, 0) is 28.6 Å². The summed E-state index contributed by atoms with van der Waals surface area (Å²) in [6.45, 7) is 6.56. The molecule has 1 atom stereocenters. The molecule has 0 saturated carbocycles. The van der Waals surface area contributed by atoms with Crippen molar-refractivity contribution in [1.29, 1.82) is 0 Å². The predicted molar refractivity (Wildman–Crippen MR) is 348 cm³/mol. The van der Waals surface area contributed by atoms with Gasteiger partial charge in [-0.25, -0.2) is 0 Å². The Balaban J connectivity index is 4.30. The predicted octanol–water partition coefficient (Wildman–Crippen LogP) is 23.8. The lowest BCUT2D eigenvalue weighted by Gasteiger charge is -2.18. The molecule has 0 bridgehead atoms. The largest absolute Gasteiger partial charge is 0.462 e. The Bertz CT molecular complexity index is 1520. The lowest BCUT2D eigenvalue weighted by atomic mass is 10.0. The first-order chi connectivity index (χ1) is 39.5. The molecular weight excluding hydrogens is 985 g/mol. The lowest BCUT2D eigenvalue weighted by molar-refractivity contribution is -0.167. The first-order valence-corrected chi connectivity index (χ1v) is 34.6. The molecule has 1 unspecified atom stereocenters. The summed E-state index contributed by atoms with van der Waals surface area (Å²) in [5.74, 6) is -0.879. The third kappa shape index (κ3) is 65.4. The quantitative estimate of drug-likeness (QED) is 0.0261. The molecular formula is C74H130O6. The van der Waals surface area contributed by atoms with Crippen LogP contribution in [0.5, 0.6) is 0 Å². The van der Waals surface area contributed by atoms with Gasteiger partial charge in [0.25, 0.3) is 0 Å². The van der Waals surface area contributed by atoms with Crippen LogP contribution in [-0.4, -0.2) is 37.2 Å². The van der Waals surface area contributed by atoms with Crippen molar-refractivity contribution in [3.63, 3.8) is 0 Å². The highest BCUT2D eigenvalue weighted by molar-refractivity contribution is 5.71.